The van der Waals surface area contributed by atoms with Gasteiger partial charge in [-0.3, -0.25) is 9.36 Å². The predicted octanol–water partition coefficient (Wildman–Crippen LogP) is 3.24. The molecule has 100 valence electrons. The number of fused-ring (bicyclic) bond motifs is 1. The number of benzene rings is 2. The van der Waals surface area contributed by atoms with Crippen molar-refractivity contribution in [1.29, 1.82) is 0 Å². The normalized spacial score (nSPS) is 10.9. The summed E-state index contributed by atoms with van der Waals surface area (Å²) < 4.78 is 14.3. The minimum Gasteiger partial charge on any atom is -0.294 e. The van der Waals surface area contributed by atoms with E-state index < -0.39 is 0 Å². The average Bonchev–Trinajstić information content (AvgIpc) is 2.45. The summed E-state index contributed by atoms with van der Waals surface area (Å²) in [5.74, 6) is -0.301. The molecule has 0 bridgehead atoms. The van der Waals surface area contributed by atoms with E-state index in [2.05, 4.69) is 4.98 Å². The Kier molecular flexibility index (Phi) is 3.24. The second kappa shape index (κ2) is 5.06. The second-order valence-corrected chi connectivity index (χ2v) is 4.90. The Morgan fingerprint density at radius 1 is 1.15 bits per heavy atom. The van der Waals surface area contributed by atoms with Gasteiger partial charge < -0.3 is 0 Å². The zero-order valence-electron chi connectivity index (χ0n) is 10.4. The summed E-state index contributed by atoms with van der Waals surface area (Å²) in [6, 6.07) is 11.0. The van der Waals surface area contributed by atoms with Crippen LogP contribution in [-0.2, 0) is 6.54 Å². The van der Waals surface area contributed by atoms with Gasteiger partial charge in [-0.25, -0.2) is 9.37 Å². The Morgan fingerprint density at radius 3 is 2.65 bits per heavy atom. The number of hydrogen-bond acceptors (Lipinski definition) is 2. The van der Waals surface area contributed by atoms with Crippen molar-refractivity contribution in [2.24, 2.45) is 0 Å². The van der Waals surface area contributed by atoms with Crippen molar-refractivity contribution in [3.63, 3.8) is 0 Å². The smallest absolute Gasteiger partial charge is 0.261 e. The molecule has 3 nitrogen and oxygen atoms in total. The molecule has 5 heteroatoms. The van der Waals surface area contributed by atoms with Gasteiger partial charge in [-0.2, -0.15) is 0 Å². The monoisotopic (exact) mass is 288 g/mol. The molecular weight excluding hydrogens is 279 g/mol. The third kappa shape index (κ3) is 2.42. The van der Waals surface area contributed by atoms with Crippen LogP contribution in [-0.4, -0.2) is 9.55 Å². The Bertz CT molecular complexity index is 827. The van der Waals surface area contributed by atoms with Crippen LogP contribution in [0.2, 0.25) is 5.02 Å². The highest BCUT2D eigenvalue weighted by molar-refractivity contribution is 6.31. The predicted molar refractivity (Wildman–Crippen MR) is 76.5 cm³/mol. The minimum atomic E-state index is -0.301. The second-order valence-electron chi connectivity index (χ2n) is 4.47. The molecule has 1 aromatic heterocycles. The minimum absolute atomic E-state index is 0.165. The molecule has 0 saturated heterocycles. The Balaban J connectivity index is 2.06. The van der Waals surface area contributed by atoms with E-state index in [0.29, 0.717) is 22.5 Å². The molecule has 0 unspecified atom stereocenters. The SMILES string of the molecule is O=c1c2cc(Cl)ccc2ncn1Cc1ccc(F)cc1. The largest absolute Gasteiger partial charge is 0.294 e. The summed E-state index contributed by atoms with van der Waals surface area (Å²) >= 11 is 5.90. The first-order valence-corrected chi connectivity index (χ1v) is 6.40. The summed E-state index contributed by atoms with van der Waals surface area (Å²) in [6.45, 7) is 0.342. The summed E-state index contributed by atoms with van der Waals surface area (Å²) in [4.78, 5) is 16.6. The van der Waals surface area contributed by atoms with Gasteiger partial charge >= 0.3 is 0 Å². The summed E-state index contributed by atoms with van der Waals surface area (Å²) in [5, 5.41) is 0.970. The molecule has 0 atom stereocenters. The van der Waals surface area contributed by atoms with Gasteiger partial charge in [0.15, 0.2) is 0 Å². The van der Waals surface area contributed by atoms with Crippen LogP contribution in [0.25, 0.3) is 10.9 Å². The molecular formula is C15H10ClFN2O. The fourth-order valence-electron chi connectivity index (χ4n) is 2.03. The van der Waals surface area contributed by atoms with E-state index in [-0.39, 0.29) is 11.4 Å². The first kappa shape index (κ1) is 12.8. The lowest BCUT2D eigenvalue weighted by Gasteiger charge is -2.07. The molecule has 0 aliphatic rings. The molecule has 0 N–H and O–H groups in total. The average molecular weight is 289 g/mol. The molecule has 1 heterocycles. The van der Waals surface area contributed by atoms with E-state index in [9.17, 15) is 9.18 Å². The van der Waals surface area contributed by atoms with Gasteiger partial charge in [0.2, 0.25) is 0 Å². The van der Waals surface area contributed by atoms with Crippen LogP contribution in [0, 0.1) is 5.82 Å². The molecule has 0 aliphatic carbocycles. The maximum absolute atomic E-state index is 12.9. The van der Waals surface area contributed by atoms with E-state index in [0.717, 1.165) is 5.56 Å². The number of rotatable bonds is 2. The first-order valence-electron chi connectivity index (χ1n) is 6.02. The van der Waals surface area contributed by atoms with Crippen LogP contribution in [0.5, 0.6) is 0 Å². The highest BCUT2D eigenvalue weighted by Gasteiger charge is 2.05. The molecule has 3 aromatic rings. The zero-order chi connectivity index (χ0) is 14.1. The molecule has 0 saturated carbocycles. The fraction of sp³-hybridized carbons (Fsp3) is 0.0667. The number of nitrogens with zero attached hydrogens (tertiary/aromatic N) is 2. The van der Waals surface area contributed by atoms with Crippen LogP contribution in [0.1, 0.15) is 5.56 Å². The highest BCUT2D eigenvalue weighted by atomic mass is 35.5. The number of halogens is 2. The van der Waals surface area contributed by atoms with E-state index in [1.807, 2.05) is 0 Å². The molecule has 0 amide bonds. The van der Waals surface area contributed by atoms with Gasteiger partial charge in [-0.05, 0) is 35.9 Å². The molecule has 0 spiro atoms. The van der Waals surface area contributed by atoms with Crippen molar-refractivity contribution in [3.05, 3.63) is 75.5 Å². The molecule has 2 aromatic carbocycles. The quantitative estimate of drug-likeness (QED) is 0.725. The van der Waals surface area contributed by atoms with Crippen molar-refractivity contribution >= 4 is 22.5 Å². The first-order chi connectivity index (χ1) is 9.63. The van der Waals surface area contributed by atoms with Crippen LogP contribution in [0.15, 0.2) is 53.6 Å². The van der Waals surface area contributed by atoms with Crippen LogP contribution < -0.4 is 5.56 Å². The Hall–Kier alpha value is -2.20. The number of aromatic nitrogens is 2. The Labute approximate surface area is 119 Å². The molecule has 20 heavy (non-hydrogen) atoms. The summed E-state index contributed by atoms with van der Waals surface area (Å²) in [7, 11) is 0. The van der Waals surface area contributed by atoms with Gasteiger partial charge in [0, 0.05) is 5.02 Å². The van der Waals surface area contributed by atoms with Crippen LogP contribution >= 0.6 is 11.6 Å². The van der Waals surface area contributed by atoms with E-state index in [1.54, 1.807) is 30.3 Å². The Morgan fingerprint density at radius 2 is 1.90 bits per heavy atom. The lowest BCUT2D eigenvalue weighted by molar-refractivity contribution is 0.626. The molecule has 0 fully saturated rings. The summed E-state index contributed by atoms with van der Waals surface area (Å²) in [6.07, 6.45) is 1.49. The topological polar surface area (TPSA) is 34.9 Å². The van der Waals surface area contributed by atoms with Crippen molar-refractivity contribution < 1.29 is 4.39 Å². The molecule has 3 rings (SSSR count). The number of hydrogen-bond donors (Lipinski definition) is 0. The van der Waals surface area contributed by atoms with E-state index in [1.165, 1.54) is 23.0 Å². The van der Waals surface area contributed by atoms with Gasteiger partial charge in [0.05, 0.1) is 23.8 Å². The van der Waals surface area contributed by atoms with E-state index in [4.69, 9.17) is 11.6 Å². The maximum atomic E-state index is 12.9. The van der Waals surface area contributed by atoms with Gasteiger partial charge in [0.25, 0.3) is 5.56 Å². The van der Waals surface area contributed by atoms with Crippen molar-refractivity contribution in [2.75, 3.05) is 0 Å². The lowest BCUT2D eigenvalue weighted by Crippen LogP contribution is -2.21. The van der Waals surface area contributed by atoms with Gasteiger partial charge in [-0.15, -0.1) is 0 Å². The van der Waals surface area contributed by atoms with Gasteiger partial charge in [0.1, 0.15) is 5.82 Å². The lowest BCUT2D eigenvalue weighted by atomic mass is 10.2. The fourth-order valence-corrected chi connectivity index (χ4v) is 2.20. The maximum Gasteiger partial charge on any atom is 0.261 e. The third-order valence-electron chi connectivity index (χ3n) is 3.05. The van der Waals surface area contributed by atoms with Crippen LogP contribution in [0.3, 0.4) is 0 Å². The van der Waals surface area contributed by atoms with Crippen molar-refractivity contribution in [1.82, 2.24) is 9.55 Å². The zero-order valence-corrected chi connectivity index (χ0v) is 11.1. The standard InChI is InChI=1S/C15H10ClFN2O/c16-11-3-6-14-13(7-11)15(20)19(9-18-14)8-10-1-4-12(17)5-2-10/h1-7,9H,8H2. The van der Waals surface area contributed by atoms with Crippen molar-refractivity contribution in [3.8, 4) is 0 Å². The molecule has 0 aliphatic heterocycles. The van der Waals surface area contributed by atoms with Crippen LogP contribution in [0.4, 0.5) is 4.39 Å². The van der Waals surface area contributed by atoms with Gasteiger partial charge in [-0.1, -0.05) is 23.7 Å². The molecule has 0 radical (unpaired) electrons. The summed E-state index contributed by atoms with van der Waals surface area (Å²) in [5.41, 5.74) is 1.27. The van der Waals surface area contributed by atoms with E-state index >= 15 is 0 Å². The van der Waals surface area contributed by atoms with Crippen molar-refractivity contribution in [2.45, 2.75) is 6.54 Å². The third-order valence-corrected chi connectivity index (χ3v) is 3.29. The highest BCUT2D eigenvalue weighted by Crippen LogP contribution is 2.14.